The van der Waals surface area contributed by atoms with Crippen molar-refractivity contribution < 1.29 is 26.7 Å². The lowest BCUT2D eigenvalue weighted by Gasteiger charge is -2.20. The summed E-state index contributed by atoms with van der Waals surface area (Å²) >= 11 is 0. The second-order valence-electron chi connectivity index (χ2n) is 5.42. The predicted octanol–water partition coefficient (Wildman–Crippen LogP) is -0.00400. The average molecular weight is 349 g/mol. The zero-order chi connectivity index (χ0) is 17.2. The fraction of sp³-hybridized carbons (Fsp3) is 0.538. The standard InChI is InChI=1S/C13H17F2N3O4S/c1-18(2)23(20,21)7-8-5-22-6-11(8)17-13(19)12-10(15)3-9(14)4-16-12/h3-4,8,11H,5-7H2,1-2H3,(H,17,19)/t8-,11-/m0/s1. The number of halogens is 2. The Hall–Kier alpha value is -1.65. The Morgan fingerprint density at radius 3 is 2.74 bits per heavy atom. The van der Waals surface area contributed by atoms with Crippen LogP contribution >= 0.6 is 0 Å². The second-order valence-corrected chi connectivity index (χ2v) is 7.65. The first-order valence-electron chi connectivity index (χ1n) is 6.80. The smallest absolute Gasteiger partial charge is 0.273 e. The monoisotopic (exact) mass is 349 g/mol. The lowest BCUT2D eigenvalue weighted by Crippen LogP contribution is -2.44. The first kappa shape index (κ1) is 17.7. The van der Waals surface area contributed by atoms with Gasteiger partial charge in [-0.2, -0.15) is 0 Å². The molecule has 1 saturated heterocycles. The number of carbonyl (C=O) groups excluding carboxylic acids is 1. The number of amides is 1. The van der Waals surface area contributed by atoms with Crippen LogP contribution in [0.1, 0.15) is 10.5 Å². The predicted molar refractivity (Wildman–Crippen MR) is 77.2 cm³/mol. The maximum absolute atomic E-state index is 13.6. The summed E-state index contributed by atoms with van der Waals surface area (Å²) in [5, 5.41) is 2.50. The second kappa shape index (κ2) is 6.85. The topological polar surface area (TPSA) is 88.6 Å². The van der Waals surface area contributed by atoms with E-state index in [0.29, 0.717) is 6.07 Å². The Labute approximate surface area is 132 Å². The quantitative estimate of drug-likeness (QED) is 0.808. The molecule has 0 unspecified atom stereocenters. The van der Waals surface area contributed by atoms with E-state index in [1.165, 1.54) is 14.1 Å². The Bertz CT molecular complexity index is 696. The van der Waals surface area contributed by atoms with E-state index in [2.05, 4.69) is 10.3 Å². The first-order chi connectivity index (χ1) is 10.7. The first-order valence-corrected chi connectivity index (χ1v) is 8.41. The number of ether oxygens (including phenoxy) is 1. The van der Waals surface area contributed by atoms with Gasteiger partial charge in [-0.15, -0.1) is 0 Å². The molecule has 1 aliphatic rings. The normalized spacial score (nSPS) is 21.6. The molecule has 2 atom stereocenters. The zero-order valence-corrected chi connectivity index (χ0v) is 13.4. The molecule has 1 aromatic rings. The van der Waals surface area contributed by atoms with E-state index in [1.54, 1.807) is 0 Å². The summed E-state index contributed by atoms with van der Waals surface area (Å²) in [5.41, 5.74) is -0.549. The lowest BCUT2D eigenvalue weighted by molar-refractivity contribution is 0.0916. The molecule has 0 spiro atoms. The summed E-state index contributed by atoms with van der Waals surface area (Å²) in [7, 11) is -0.640. The number of hydrogen-bond acceptors (Lipinski definition) is 5. The highest BCUT2D eigenvalue weighted by molar-refractivity contribution is 7.89. The molecule has 23 heavy (non-hydrogen) atoms. The molecule has 10 heteroatoms. The van der Waals surface area contributed by atoms with E-state index in [1.807, 2.05) is 0 Å². The molecule has 1 aliphatic heterocycles. The average Bonchev–Trinajstić information content (AvgIpc) is 2.84. The maximum Gasteiger partial charge on any atom is 0.273 e. The van der Waals surface area contributed by atoms with Gasteiger partial charge in [0.1, 0.15) is 5.82 Å². The number of nitrogens with one attached hydrogen (secondary N) is 1. The van der Waals surface area contributed by atoms with Crippen molar-refractivity contribution in [1.82, 2.24) is 14.6 Å². The van der Waals surface area contributed by atoms with Crippen molar-refractivity contribution in [2.75, 3.05) is 33.1 Å². The van der Waals surface area contributed by atoms with Gasteiger partial charge in [0.25, 0.3) is 5.91 Å². The lowest BCUT2D eigenvalue weighted by atomic mass is 10.1. The number of aromatic nitrogens is 1. The van der Waals surface area contributed by atoms with Crippen LogP contribution in [0.4, 0.5) is 8.78 Å². The Morgan fingerprint density at radius 2 is 2.13 bits per heavy atom. The molecule has 1 fully saturated rings. The molecule has 1 amide bonds. The summed E-state index contributed by atoms with van der Waals surface area (Å²) in [5.74, 6) is -3.48. The summed E-state index contributed by atoms with van der Waals surface area (Å²) in [6.45, 7) is 0.277. The van der Waals surface area contributed by atoms with Crippen molar-refractivity contribution in [2.45, 2.75) is 6.04 Å². The van der Waals surface area contributed by atoms with Crippen molar-refractivity contribution in [1.29, 1.82) is 0 Å². The molecule has 128 valence electrons. The van der Waals surface area contributed by atoms with Crippen LogP contribution in [0.2, 0.25) is 0 Å². The highest BCUT2D eigenvalue weighted by Crippen LogP contribution is 2.18. The SMILES string of the molecule is CN(C)S(=O)(=O)C[C@@H]1COC[C@@H]1NC(=O)c1ncc(F)cc1F. The van der Waals surface area contributed by atoms with Gasteiger partial charge in [0.05, 0.1) is 31.2 Å². The van der Waals surface area contributed by atoms with Gasteiger partial charge in [-0.1, -0.05) is 0 Å². The summed E-state index contributed by atoms with van der Waals surface area (Å²) in [6.07, 6.45) is 0.733. The van der Waals surface area contributed by atoms with Gasteiger partial charge in [0.2, 0.25) is 10.0 Å². The van der Waals surface area contributed by atoms with Crippen molar-refractivity contribution in [3.63, 3.8) is 0 Å². The fourth-order valence-electron chi connectivity index (χ4n) is 2.16. The highest BCUT2D eigenvalue weighted by Gasteiger charge is 2.34. The Balaban J connectivity index is 2.08. The van der Waals surface area contributed by atoms with Crippen molar-refractivity contribution >= 4 is 15.9 Å². The Morgan fingerprint density at radius 1 is 1.43 bits per heavy atom. The fourth-order valence-corrected chi connectivity index (χ4v) is 3.33. The molecule has 0 radical (unpaired) electrons. The van der Waals surface area contributed by atoms with Crippen molar-refractivity contribution in [2.24, 2.45) is 5.92 Å². The van der Waals surface area contributed by atoms with Crippen LogP contribution in [-0.2, 0) is 14.8 Å². The molecule has 1 N–H and O–H groups in total. The summed E-state index contributed by atoms with van der Waals surface area (Å²) < 4.78 is 56.5. The summed E-state index contributed by atoms with van der Waals surface area (Å²) in [4.78, 5) is 15.4. The van der Waals surface area contributed by atoms with E-state index < -0.39 is 45.2 Å². The highest BCUT2D eigenvalue weighted by atomic mass is 32.2. The van der Waals surface area contributed by atoms with Crippen LogP contribution < -0.4 is 5.32 Å². The molecule has 2 heterocycles. The number of nitrogens with zero attached hydrogens (tertiary/aromatic N) is 2. The third-order valence-electron chi connectivity index (χ3n) is 3.52. The van der Waals surface area contributed by atoms with Gasteiger partial charge < -0.3 is 10.1 Å². The molecule has 1 aromatic heterocycles. The van der Waals surface area contributed by atoms with Crippen LogP contribution in [0.3, 0.4) is 0 Å². The molecule has 2 rings (SSSR count). The van der Waals surface area contributed by atoms with E-state index in [0.717, 1.165) is 10.5 Å². The van der Waals surface area contributed by atoms with Gasteiger partial charge in [-0.05, 0) is 0 Å². The molecule has 0 bridgehead atoms. The zero-order valence-electron chi connectivity index (χ0n) is 12.6. The minimum absolute atomic E-state index is 0.113. The van der Waals surface area contributed by atoms with Crippen LogP contribution in [0, 0.1) is 17.6 Å². The van der Waals surface area contributed by atoms with E-state index in [9.17, 15) is 22.0 Å². The minimum Gasteiger partial charge on any atom is -0.379 e. The third kappa shape index (κ3) is 4.21. The van der Waals surface area contributed by atoms with Gasteiger partial charge in [-0.3, -0.25) is 4.79 Å². The molecular weight excluding hydrogens is 332 g/mol. The van der Waals surface area contributed by atoms with E-state index in [-0.39, 0.29) is 19.0 Å². The molecule has 7 nitrogen and oxygen atoms in total. The number of hydrogen-bond donors (Lipinski definition) is 1. The van der Waals surface area contributed by atoms with Crippen molar-refractivity contribution in [3.8, 4) is 0 Å². The van der Waals surface area contributed by atoms with E-state index >= 15 is 0 Å². The van der Waals surface area contributed by atoms with Gasteiger partial charge in [0, 0.05) is 26.1 Å². The largest absolute Gasteiger partial charge is 0.379 e. The molecule has 0 aliphatic carbocycles. The minimum atomic E-state index is -3.47. The number of carbonyl (C=O) groups is 1. The van der Waals surface area contributed by atoms with Crippen LogP contribution in [0.5, 0.6) is 0 Å². The molecule has 0 saturated carbocycles. The van der Waals surface area contributed by atoms with E-state index in [4.69, 9.17) is 4.74 Å². The van der Waals surface area contributed by atoms with Crippen molar-refractivity contribution in [3.05, 3.63) is 29.6 Å². The number of sulfonamides is 1. The van der Waals surface area contributed by atoms with Gasteiger partial charge in [-0.25, -0.2) is 26.5 Å². The van der Waals surface area contributed by atoms with Crippen LogP contribution in [0.15, 0.2) is 12.3 Å². The number of rotatable bonds is 5. The third-order valence-corrected chi connectivity index (χ3v) is 5.48. The van der Waals surface area contributed by atoms with Crippen LogP contribution in [0.25, 0.3) is 0 Å². The van der Waals surface area contributed by atoms with Gasteiger partial charge >= 0.3 is 0 Å². The van der Waals surface area contributed by atoms with Crippen LogP contribution in [-0.4, -0.2) is 62.7 Å². The molecular formula is C13H17F2N3O4S. The maximum atomic E-state index is 13.6. The number of pyridine rings is 1. The van der Waals surface area contributed by atoms with Gasteiger partial charge in [0.15, 0.2) is 11.5 Å². The summed E-state index contributed by atoms with van der Waals surface area (Å²) in [6, 6.07) is -0.0374. The Kier molecular flexibility index (Phi) is 5.27. The molecule has 0 aromatic carbocycles.